The van der Waals surface area contributed by atoms with Gasteiger partial charge in [0, 0.05) is 15.6 Å². The fourth-order valence-corrected chi connectivity index (χ4v) is 3.50. The molecule has 0 saturated carbocycles. The topological polar surface area (TPSA) is 41.1 Å². The van der Waals surface area contributed by atoms with E-state index in [0.29, 0.717) is 10.7 Å². The van der Waals surface area contributed by atoms with Crippen LogP contribution in [-0.2, 0) is 4.79 Å². The maximum absolute atomic E-state index is 13.3. The van der Waals surface area contributed by atoms with Crippen molar-refractivity contribution >= 4 is 34.5 Å². The van der Waals surface area contributed by atoms with Gasteiger partial charge in [-0.15, -0.1) is 11.3 Å². The van der Waals surface area contributed by atoms with E-state index >= 15 is 0 Å². The molecule has 3 aromatic rings. The van der Waals surface area contributed by atoms with Gasteiger partial charge in [0.05, 0.1) is 12.1 Å². The lowest BCUT2D eigenvalue weighted by Gasteiger charge is -2.22. The number of carbonyl (C=O) groups excluding carboxylic acids is 1. The molecule has 2 atom stereocenters. The largest absolute Gasteiger partial charge is 0.325 e. The third-order valence-electron chi connectivity index (χ3n) is 3.95. The van der Waals surface area contributed by atoms with E-state index in [4.69, 9.17) is 11.6 Å². The third kappa shape index (κ3) is 4.69. The Balaban J connectivity index is 1.74. The molecule has 0 unspecified atom stereocenters. The molecular formula is C20H18ClFN2OS. The Kier molecular flexibility index (Phi) is 6.04. The maximum Gasteiger partial charge on any atom is 0.241 e. The zero-order valence-electron chi connectivity index (χ0n) is 14.1. The summed E-state index contributed by atoms with van der Waals surface area (Å²) in [6, 6.07) is 16.6. The normalized spacial score (nSPS) is 13.2. The van der Waals surface area contributed by atoms with E-state index in [2.05, 4.69) is 10.6 Å². The summed E-state index contributed by atoms with van der Waals surface area (Å²) in [6.07, 6.45) is 0. The first-order chi connectivity index (χ1) is 12.5. The van der Waals surface area contributed by atoms with Gasteiger partial charge in [0.2, 0.25) is 5.91 Å². The Morgan fingerprint density at radius 1 is 1.08 bits per heavy atom. The van der Waals surface area contributed by atoms with Crippen LogP contribution in [0, 0.1) is 5.82 Å². The van der Waals surface area contributed by atoms with E-state index in [1.807, 2.05) is 17.5 Å². The highest BCUT2D eigenvalue weighted by molar-refractivity contribution is 7.10. The molecular weight excluding hydrogens is 371 g/mol. The van der Waals surface area contributed by atoms with Gasteiger partial charge in [-0.2, -0.15) is 0 Å². The zero-order valence-corrected chi connectivity index (χ0v) is 15.7. The van der Waals surface area contributed by atoms with Crippen molar-refractivity contribution in [2.24, 2.45) is 0 Å². The van der Waals surface area contributed by atoms with Gasteiger partial charge in [-0.25, -0.2) is 4.39 Å². The van der Waals surface area contributed by atoms with Crippen LogP contribution in [0.1, 0.15) is 23.4 Å². The average Bonchev–Trinajstić information content (AvgIpc) is 3.16. The number of carbonyl (C=O) groups is 1. The van der Waals surface area contributed by atoms with Crippen LogP contribution in [0.15, 0.2) is 66.0 Å². The van der Waals surface area contributed by atoms with E-state index in [1.165, 1.54) is 12.1 Å². The molecule has 3 nitrogen and oxygen atoms in total. The first-order valence-electron chi connectivity index (χ1n) is 8.14. The summed E-state index contributed by atoms with van der Waals surface area (Å²) in [7, 11) is 0. The Morgan fingerprint density at radius 2 is 1.77 bits per heavy atom. The number of hydrogen-bond donors (Lipinski definition) is 2. The molecule has 0 saturated heterocycles. The molecule has 0 aliphatic rings. The van der Waals surface area contributed by atoms with Gasteiger partial charge in [-0.3, -0.25) is 10.1 Å². The SMILES string of the molecule is C[C@H](N[C@H](c1ccc(F)cc1)c1cccs1)C(=O)Nc1ccc(Cl)cc1. The minimum absolute atomic E-state index is 0.156. The van der Waals surface area contributed by atoms with E-state index in [1.54, 1.807) is 54.7 Å². The smallest absolute Gasteiger partial charge is 0.241 e. The van der Waals surface area contributed by atoms with Crippen LogP contribution < -0.4 is 10.6 Å². The van der Waals surface area contributed by atoms with Gasteiger partial charge in [0.1, 0.15) is 5.82 Å². The second-order valence-electron chi connectivity index (χ2n) is 5.88. The van der Waals surface area contributed by atoms with Gasteiger partial charge >= 0.3 is 0 Å². The van der Waals surface area contributed by atoms with Crippen LogP contribution in [0.4, 0.5) is 10.1 Å². The van der Waals surface area contributed by atoms with Gasteiger partial charge < -0.3 is 5.32 Å². The fourth-order valence-electron chi connectivity index (χ4n) is 2.56. The Hall–Kier alpha value is -2.21. The van der Waals surface area contributed by atoms with Crippen LogP contribution in [0.25, 0.3) is 0 Å². The van der Waals surface area contributed by atoms with Gasteiger partial charge in [0.15, 0.2) is 0 Å². The van der Waals surface area contributed by atoms with E-state index in [-0.39, 0.29) is 17.8 Å². The minimum atomic E-state index is -0.456. The summed E-state index contributed by atoms with van der Waals surface area (Å²) in [4.78, 5) is 13.6. The zero-order chi connectivity index (χ0) is 18.5. The van der Waals surface area contributed by atoms with Crippen molar-refractivity contribution < 1.29 is 9.18 Å². The molecule has 0 aliphatic carbocycles. The molecule has 2 N–H and O–H groups in total. The number of amides is 1. The first-order valence-corrected chi connectivity index (χ1v) is 9.40. The standard InChI is InChI=1S/C20H18ClFN2OS/c1-13(20(25)24-17-10-6-15(21)7-11-17)23-19(18-3-2-12-26-18)14-4-8-16(22)9-5-14/h2-13,19,23H,1H3,(H,24,25)/t13-,19+/m0/s1. The quantitative estimate of drug-likeness (QED) is 0.605. The maximum atomic E-state index is 13.3. The summed E-state index contributed by atoms with van der Waals surface area (Å²) in [5.74, 6) is -0.441. The molecule has 134 valence electrons. The Labute approximate surface area is 160 Å². The summed E-state index contributed by atoms with van der Waals surface area (Å²) >= 11 is 7.45. The number of hydrogen-bond acceptors (Lipinski definition) is 3. The van der Waals surface area contributed by atoms with Crippen LogP contribution >= 0.6 is 22.9 Å². The van der Waals surface area contributed by atoms with Crippen molar-refractivity contribution in [1.29, 1.82) is 0 Å². The van der Waals surface area contributed by atoms with Crippen molar-refractivity contribution in [2.45, 2.75) is 19.0 Å². The third-order valence-corrected chi connectivity index (χ3v) is 5.14. The molecule has 26 heavy (non-hydrogen) atoms. The Morgan fingerprint density at radius 3 is 2.38 bits per heavy atom. The lowest BCUT2D eigenvalue weighted by Crippen LogP contribution is -2.40. The monoisotopic (exact) mass is 388 g/mol. The second-order valence-corrected chi connectivity index (χ2v) is 7.30. The van der Waals surface area contributed by atoms with Crippen molar-refractivity contribution in [3.05, 3.63) is 87.3 Å². The van der Waals surface area contributed by atoms with Crippen molar-refractivity contribution in [3.63, 3.8) is 0 Å². The van der Waals surface area contributed by atoms with Crippen LogP contribution in [0.3, 0.4) is 0 Å². The highest BCUT2D eigenvalue weighted by atomic mass is 35.5. The van der Waals surface area contributed by atoms with E-state index in [0.717, 1.165) is 10.4 Å². The molecule has 6 heteroatoms. The van der Waals surface area contributed by atoms with E-state index in [9.17, 15) is 9.18 Å². The molecule has 2 aromatic carbocycles. The fraction of sp³-hybridized carbons (Fsp3) is 0.150. The summed E-state index contributed by atoms with van der Waals surface area (Å²) in [5, 5.41) is 8.79. The first kappa shape index (κ1) is 18.6. The molecule has 3 rings (SSSR count). The highest BCUT2D eigenvalue weighted by Gasteiger charge is 2.21. The predicted molar refractivity (Wildman–Crippen MR) is 105 cm³/mol. The molecule has 1 heterocycles. The number of rotatable bonds is 6. The number of benzene rings is 2. The highest BCUT2D eigenvalue weighted by Crippen LogP contribution is 2.27. The minimum Gasteiger partial charge on any atom is -0.325 e. The molecule has 0 aliphatic heterocycles. The Bertz CT molecular complexity index is 851. The van der Waals surface area contributed by atoms with Crippen molar-refractivity contribution in [2.75, 3.05) is 5.32 Å². The lowest BCUT2D eigenvalue weighted by molar-refractivity contribution is -0.117. The number of halogens is 2. The molecule has 0 spiro atoms. The molecule has 0 fully saturated rings. The summed E-state index contributed by atoms with van der Waals surface area (Å²) in [5.41, 5.74) is 1.59. The van der Waals surface area contributed by atoms with E-state index < -0.39 is 6.04 Å². The number of anilines is 1. The van der Waals surface area contributed by atoms with Gasteiger partial charge in [-0.05, 0) is 60.3 Å². The average molecular weight is 389 g/mol. The van der Waals surface area contributed by atoms with Crippen LogP contribution in [0.2, 0.25) is 5.02 Å². The summed E-state index contributed by atoms with van der Waals surface area (Å²) in [6.45, 7) is 1.80. The number of thiophene rings is 1. The molecule has 1 amide bonds. The van der Waals surface area contributed by atoms with Crippen molar-refractivity contribution in [1.82, 2.24) is 5.32 Å². The van der Waals surface area contributed by atoms with Gasteiger partial charge in [0.25, 0.3) is 0 Å². The molecule has 0 radical (unpaired) electrons. The second kappa shape index (κ2) is 8.45. The van der Waals surface area contributed by atoms with Crippen LogP contribution in [0.5, 0.6) is 0 Å². The van der Waals surface area contributed by atoms with Crippen LogP contribution in [-0.4, -0.2) is 11.9 Å². The summed E-state index contributed by atoms with van der Waals surface area (Å²) < 4.78 is 13.3. The predicted octanol–water partition coefficient (Wildman–Crippen LogP) is 5.25. The lowest BCUT2D eigenvalue weighted by atomic mass is 10.0. The molecule has 0 bridgehead atoms. The molecule has 1 aromatic heterocycles. The number of nitrogens with one attached hydrogen (secondary N) is 2. The van der Waals surface area contributed by atoms with Crippen molar-refractivity contribution in [3.8, 4) is 0 Å². The van der Waals surface area contributed by atoms with Gasteiger partial charge in [-0.1, -0.05) is 29.8 Å².